The lowest BCUT2D eigenvalue weighted by Crippen LogP contribution is -2.50. The summed E-state index contributed by atoms with van der Waals surface area (Å²) >= 11 is 0. The van der Waals surface area contributed by atoms with Crippen molar-refractivity contribution in [2.45, 2.75) is 6.92 Å². The molecule has 8 heteroatoms. The Kier molecular flexibility index (Phi) is 5.47. The molecule has 1 aliphatic rings. The monoisotopic (exact) mass is 407 g/mol. The van der Waals surface area contributed by atoms with Crippen LogP contribution in [-0.2, 0) is 0 Å². The van der Waals surface area contributed by atoms with Gasteiger partial charge >= 0.3 is 6.03 Å². The molecule has 0 aliphatic carbocycles. The van der Waals surface area contributed by atoms with Crippen LogP contribution in [0.15, 0.2) is 65.5 Å². The van der Waals surface area contributed by atoms with Crippen molar-refractivity contribution < 1.29 is 9.18 Å². The van der Waals surface area contributed by atoms with E-state index in [1.54, 1.807) is 11.0 Å². The molecule has 1 N–H and O–H groups in total. The lowest BCUT2D eigenvalue weighted by Gasteiger charge is -2.35. The highest BCUT2D eigenvalue weighted by atomic mass is 19.1. The molecule has 0 atom stereocenters. The molecule has 4 rings (SSSR count). The predicted octanol–water partition coefficient (Wildman–Crippen LogP) is 3.03. The van der Waals surface area contributed by atoms with E-state index in [2.05, 4.69) is 10.4 Å². The van der Waals surface area contributed by atoms with Gasteiger partial charge in [-0.15, -0.1) is 5.10 Å². The van der Waals surface area contributed by atoms with E-state index in [1.165, 1.54) is 35.0 Å². The number of carbonyl (C=O) groups is 1. The smallest absolute Gasteiger partial charge is 0.321 e. The Hall–Kier alpha value is -3.68. The van der Waals surface area contributed by atoms with Gasteiger partial charge in [-0.1, -0.05) is 17.7 Å². The fourth-order valence-corrected chi connectivity index (χ4v) is 3.32. The molecule has 0 saturated carbocycles. The van der Waals surface area contributed by atoms with Crippen LogP contribution in [0.3, 0.4) is 0 Å². The molecule has 2 amide bonds. The van der Waals surface area contributed by atoms with Crippen molar-refractivity contribution in [2.75, 3.05) is 36.4 Å². The summed E-state index contributed by atoms with van der Waals surface area (Å²) in [6.45, 7) is 4.20. The maximum atomic E-state index is 13.0. The Balaban J connectivity index is 1.42. The van der Waals surface area contributed by atoms with Crippen LogP contribution in [-0.4, -0.2) is 46.9 Å². The number of urea groups is 1. The second-order valence-corrected chi connectivity index (χ2v) is 7.19. The van der Waals surface area contributed by atoms with E-state index in [4.69, 9.17) is 0 Å². The van der Waals surface area contributed by atoms with Crippen LogP contribution in [0.5, 0.6) is 0 Å². The molecule has 1 saturated heterocycles. The Morgan fingerprint density at radius 1 is 0.933 bits per heavy atom. The van der Waals surface area contributed by atoms with E-state index >= 15 is 0 Å². The number of carbonyl (C=O) groups excluding carboxylic acids is 1. The number of hydrogen-bond donors (Lipinski definition) is 1. The van der Waals surface area contributed by atoms with Crippen LogP contribution in [0.4, 0.5) is 20.7 Å². The molecule has 1 aliphatic heterocycles. The summed E-state index contributed by atoms with van der Waals surface area (Å²) in [5.41, 5.74) is 2.18. The number of nitrogens with zero attached hydrogens (tertiary/aromatic N) is 4. The molecular weight excluding hydrogens is 385 g/mol. The molecule has 1 fully saturated rings. The minimum absolute atomic E-state index is 0.195. The molecule has 0 radical (unpaired) electrons. The number of aryl methyl sites for hydroxylation is 1. The molecule has 0 unspecified atom stereocenters. The van der Waals surface area contributed by atoms with Crippen LogP contribution < -0.4 is 15.8 Å². The highest BCUT2D eigenvalue weighted by Crippen LogP contribution is 2.15. The third-order valence-corrected chi connectivity index (χ3v) is 5.05. The number of aromatic nitrogens is 2. The zero-order valence-electron chi connectivity index (χ0n) is 16.6. The highest BCUT2D eigenvalue weighted by molar-refractivity contribution is 5.89. The van der Waals surface area contributed by atoms with Crippen LogP contribution in [0.1, 0.15) is 5.56 Å². The van der Waals surface area contributed by atoms with Gasteiger partial charge in [0.15, 0.2) is 0 Å². The van der Waals surface area contributed by atoms with Crippen LogP contribution >= 0.6 is 0 Å². The molecule has 1 aromatic heterocycles. The molecule has 3 aromatic rings. The quantitative estimate of drug-likeness (QED) is 0.725. The van der Waals surface area contributed by atoms with E-state index in [-0.39, 0.29) is 17.4 Å². The maximum absolute atomic E-state index is 13.0. The first-order chi connectivity index (χ1) is 14.5. The van der Waals surface area contributed by atoms with Gasteiger partial charge in [0.25, 0.3) is 5.56 Å². The van der Waals surface area contributed by atoms with E-state index in [1.807, 2.05) is 36.1 Å². The fraction of sp³-hybridized carbons (Fsp3) is 0.227. The van der Waals surface area contributed by atoms with Crippen LogP contribution in [0, 0.1) is 12.7 Å². The van der Waals surface area contributed by atoms with Crippen molar-refractivity contribution in [3.8, 4) is 5.69 Å². The largest absolute Gasteiger partial charge is 0.352 e. The summed E-state index contributed by atoms with van der Waals surface area (Å²) in [6.07, 6.45) is 0. The highest BCUT2D eigenvalue weighted by Gasteiger charge is 2.22. The lowest BCUT2D eigenvalue weighted by molar-refractivity contribution is 0.208. The molecule has 30 heavy (non-hydrogen) atoms. The Bertz CT molecular complexity index is 1090. The van der Waals surface area contributed by atoms with Gasteiger partial charge in [-0.25, -0.2) is 9.18 Å². The Labute approximate surface area is 173 Å². The summed E-state index contributed by atoms with van der Waals surface area (Å²) in [6, 6.07) is 16.3. The van der Waals surface area contributed by atoms with Crippen molar-refractivity contribution in [1.82, 2.24) is 14.7 Å². The maximum Gasteiger partial charge on any atom is 0.321 e. The lowest BCUT2D eigenvalue weighted by atomic mass is 10.2. The van der Waals surface area contributed by atoms with E-state index in [0.29, 0.717) is 43.4 Å². The van der Waals surface area contributed by atoms with Crippen molar-refractivity contribution in [3.63, 3.8) is 0 Å². The summed E-state index contributed by atoms with van der Waals surface area (Å²) in [5.74, 6) is 0.342. The molecule has 0 bridgehead atoms. The van der Waals surface area contributed by atoms with Gasteiger partial charge < -0.3 is 15.1 Å². The normalized spacial score (nSPS) is 13.9. The van der Waals surface area contributed by atoms with Gasteiger partial charge in [0.1, 0.15) is 11.6 Å². The minimum atomic E-state index is -0.346. The number of amides is 2. The SMILES string of the molecule is Cc1ccc(-n2nc(N3CCN(C(=O)Nc4ccc(F)cc4)CC3)ccc2=O)cc1. The van der Waals surface area contributed by atoms with Gasteiger partial charge in [-0.05, 0) is 49.4 Å². The minimum Gasteiger partial charge on any atom is -0.352 e. The second-order valence-electron chi connectivity index (χ2n) is 7.19. The van der Waals surface area contributed by atoms with Gasteiger partial charge in [0.05, 0.1) is 5.69 Å². The fourth-order valence-electron chi connectivity index (χ4n) is 3.32. The average molecular weight is 407 g/mol. The predicted molar refractivity (Wildman–Crippen MR) is 114 cm³/mol. The first kappa shape index (κ1) is 19.6. The van der Waals surface area contributed by atoms with Crippen LogP contribution in [0.25, 0.3) is 5.69 Å². The van der Waals surface area contributed by atoms with Crippen molar-refractivity contribution in [2.24, 2.45) is 0 Å². The number of halogens is 1. The summed E-state index contributed by atoms with van der Waals surface area (Å²) in [5, 5.41) is 7.29. The van der Waals surface area contributed by atoms with Gasteiger partial charge in [0, 0.05) is 37.9 Å². The molecule has 0 spiro atoms. The molecule has 154 valence electrons. The van der Waals surface area contributed by atoms with Crippen molar-refractivity contribution in [3.05, 3.63) is 82.4 Å². The van der Waals surface area contributed by atoms with E-state index < -0.39 is 0 Å². The molecular formula is C22H22FN5O2. The third kappa shape index (κ3) is 4.32. The second kappa shape index (κ2) is 8.36. The van der Waals surface area contributed by atoms with Crippen molar-refractivity contribution in [1.29, 1.82) is 0 Å². The summed E-state index contributed by atoms with van der Waals surface area (Å²) < 4.78 is 14.4. The first-order valence-corrected chi connectivity index (χ1v) is 9.73. The zero-order chi connectivity index (χ0) is 21.1. The number of hydrogen-bond acceptors (Lipinski definition) is 4. The van der Waals surface area contributed by atoms with E-state index in [9.17, 15) is 14.0 Å². The average Bonchev–Trinajstić information content (AvgIpc) is 2.76. The number of rotatable bonds is 3. The Morgan fingerprint density at radius 3 is 2.27 bits per heavy atom. The van der Waals surface area contributed by atoms with E-state index in [0.717, 1.165) is 5.56 Å². The number of nitrogens with one attached hydrogen (secondary N) is 1. The topological polar surface area (TPSA) is 70.5 Å². The number of piperazine rings is 1. The summed E-state index contributed by atoms with van der Waals surface area (Å²) in [7, 11) is 0. The first-order valence-electron chi connectivity index (χ1n) is 9.73. The summed E-state index contributed by atoms with van der Waals surface area (Å²) in [4.78, 5) is 28.5. The van der Waals surface area contributed by atoms with Gasteiger partial charge in [-0.3, -0.25) is 4.79 Å². The Morgan fingerprint density at radius 2 is 1.60 bits per heavy atom. The number of anilines is 2. The van der Waals surface area contributed by atoms with Crippen LogP contribution in [0.2, 0.25) is 0 Å². The number of benzene rings is 2. The molecule has 2 aromatic carbocycles. The van der Waals surface area contributed by atoms with Gasteiger partial charge in [-0.2, -0.15) is 4.68 Å². The van der Waals surface area contributed by atoms with Crippen molar-refractivity contribution >= 4 is 17.5 Å². The zero-order valence-corrected chi connectivity index (χ0v) is 16.6. The third-order valence-electron chi connectivity index (χ3n) is 5.05. The molecule has 2 heterocycles. The van der Waals surface area contributed by atoms with Gasteiger partial charge in [0.2, 0.25) is 0 Å². The standard InChI is InChI=1S/C22H22FN5O2/c1-16-2-8-19(9-3-16)28-21(29)11-10-20(25-28)26-12-14-27(15-13-26)22(30)24-18-6-4-17(23)5-7-18/h2-11H,12-15H2,1H3,(H,24,30). The molecule has 7 nitrogen and oxygen atoms in total.